The Morgan fingerprint density at radius 3 is 2.44 bits per heavy atom. The van der Waals surface area contributed by atoms with Gasteiger partial charge in [-0.05, 0) is 24.3 Å². The van der Waals surface area contributed by atoms with Crippen molar-refractivity contribution in [1.29, 1.82) is 0 Å². The average molecular weight is 368 g/mol. The van der Waals surface area contributed by atoms with Gasteiger partial charge in [0.05, 0.1) is 23.6 Å². The second kappa shape index (κ2) is 6.52. The fourth-order valence-electron chi connectivity index (χ4n) is 2.11. The van der Waals surface area contributed by atoms with Crippen LogP contribution in [0.3, 0.4) is 0 Å². The van der Waals surface area contributed by atoms with Gasteiger partial charge in [-0.2, -0.15) is 18.3 Å². The second-order valence-electron chi connectivity index (χ2n) is 4.84. The van der Waals surface area contributed by atoms with Crippen molar-refractivity contribution >= 4 is 23.3 Å². The van der Waals surface area contributed by atoms with E-state index in [-0.39, 0.29) is 11.5 Å². The number of hydrogen-bond donors (Lipinski definition) is 1. The molecule has 0 saturated carbocycles. The molecule has 2 aromatic heterocycles. The number of alkyl halides is 3. The summed E-state index contributed by atoms with van der Waals surface area (Å²) < 4.78 is 41.2. The molecule has 0 bridgehead atoms. The van der Waals surface area contributed by atoms with Crippen LogP contribution in [0.5, 0.6) is 0 Å². The molecule has 10 heteroatoms. The molecule has 0 fully saturated rings. The van der Waals surface area contributed by atoms with Crippen LogP contribution in [0.1, 0.15) is 16.1 Å². The first-order valence-electron chi connectivity index (χ1n) is 6.85. The molecule has 128 valence electrons. The van der Waals surface area contributed by atoms with Crippen LogP contribution in [-0.4, -0.2) is 25.7 Å². The minimum atomic E-state index is -4.80. The molecule has 25 heavy (non-hydrogen) atoms. The van der Waals surface area contributed by atoms with Crippen molar-refractivity contribution < 1.29 is 18.0 Å². The van der Waals surface area contributed by atoms with Crippen molar-refractivity contribution in [2.45, 2.75) is 6.18 Å². The Bertz CT molecular complexity index is 894. The number of rotatable bonds is 3. The number of hydrogen-bond acceptors (Lipinski definition) is 4. The molecule has 0 aliphatic carbocycles. The molecule has 0 aliphatic heterocycles. The molecular formula is C15H9ClF3N5O. The van der Waals surface area contributed by atoms with E-state index in [1.54, 1.807) is 0 Å². The number of nitrogens with zero attached hydrogens (tertiary/aromatic N) is 4. The van der Waals surface area contributed by atoms with E-state index in [1.807, 2.05) is 0 Å². The number of carbonyl (C=O) groups excluding carboxylic acids is 1. The number of amides is 1. The highest BCUT2D eigenvalue weighted by atomic mass is 35.5. The van der Waals surface area contributed by atoms with E-state index in [9.17, 15) is 18.0 Å². The zero-order valence-electron chi connectivity index (χ0n) is 12.3. The molecule has 1 amide bonds. The summed E-state index contributed by atoms with van der Waals surface area (Å²) in [7, 11) is 0. The number of carbonyl (C=O) groups is 1. The van der Waals surface area contributed by atoms with Crippen molar-refractivity contribution in [3.05, 3.63) is 65.3 Å². The largest absolute Gasteiger partial charge is 0.434 e. The topological polar surface area (TPSA) is 72.7 Å². The molecule has 0 unspecified atom stereocenters. The summed E-state index contributed by atoms with van der Waals surface area (Å²) >= 11 is 5.75. The molecule has 3 aromatic rings. The van der Waals surface area contributed by atoms with Crippen LogP contribution >= 0.6 is 11.6 Å². The SMILES string of the molecule is O=C(Nc1cnccn1)c1cnn(-c2ccc(Cl)cc2)c1C(F)(F)F. The summed E-state index contributed by atoms with van der Waals surface area (Å²) in [4.78, 5) is 19.8. The van der Waals surface area contributed by atoms with Gasteiger partial charge in [0.1, 0.15) is 0 Å². The van der Waals surface area contributed by atoms with Crippen LogP contribution in [-0.2, 0) is 6.18 Å². The van der Waals surface area contributed by atoms with Gasteiger partial charge in [0.15, 0.2) is 11.5 Å². The van der Waals surface area contributed by atoms with E-state index in [0.717, 1.165) is 6.20 Å². The van der Waals surface area contributed by atoms with Gasteiger partial charge in [-0.25, -0.2) is 9.67 Å². The van der Waals surface area contributed by atoms with Gasteiger partial charge < -0.3 is 5.32 Å². The Labute approximate surface area is 144 Å². The predicted octanol–water partition coefficient (Wildman–Crippen LogP) is 3.59. The number of benzene rings is 1. The van der Waals surface area contributed by atoms with E-state index in [2.05, 4.69) is 20.4 Å². The molecule has 0 aliphatic rings. The summed E-state index contributed by atoms with van der Waals surface area (Å²) in [6.45, 7) is 0. The highest BCUT2D eigenvalue weighted by Gasteiger charge is 2.40. The van der Waals surface area contributed by atoms with Crippen LogP contribution in [0.4, 0.5) is 19.0 Å². The fraction of sp³-hybridized carbons (Fsp3) is 0.0667. The van der Waals surface area contributed by atoms with Crippen molar-refractivity contribution in [3.8, 4) is 5.69 Å². The van der Waals surface area contributed by atoms with E-state index in [1.165, 1.54) is 42.9 Å². The lowest BCUT2D eigenvalue weighted by Crippen LogP contribution is -2.21. The number of aromatic nitrogens is 4. The van der Waals surface area contributed by atoms with Gasteiger partial charge in [0.25, 0.3) is 5.91 Å². The zero-order chi connectivity index (χ0) is 18.0. The molecule has 0 spiro atoms. The van der Waals surface area contributed by atoms with E-state index >= 15 is 0 Å². The molecule has 0 saturated heterocycles. The lowest BCUT2D eigenvalue weighted by atomic mass is 10.2. The lowest BCUT2D eigenvalue weighted by molar-refractivity contribution is -0.143. The van der Waals surface area contributed by atoms with Crippen molar-refractivity contribution in [1.82, 2.24) is 19.7 Å². The minimum Gasteiger partial charge on any atom is -0.305 e. The maximum absolute atomic E-state index is 13.5. The maximum atomic E-state index is 13.5. The van der Waals surface area contributed by atoms with E-state index in [0.29, 0.717) is 9.70 Å². The van der Waals surface area contributed by atoms with Crippen molar-refractivity contribution in [2.24, 2.45) is 0 Å². The highest BCUT2D eigenvalue weighted by Crippen LogP contribution is 2.34. The quantitative estimate of drug-likeness (QED) is 0.768. The Balaban J connectivity index is 2.03. The molecule has 0 radical (unpaired) electrons. The monoisotopic (exact) mass is 367 g/mol. The van der Waals surface area contributed by atoms with Crippen molar-refractivity contribution in [2.75, 3.05) is 5.32 Å². The molecule has 6 nitrogen and oxygen atoms in total. The second-order valence-corrected chi connectivity index (χ2v) is 5.27. The summed E-state index contributed by atoms with van der Waals surface area (Å²) in [6, 6.07) is 5.60. The fourth-order valence-corrected chi connectivity index (χ4v) is 2.24. The zero-order valence-corrected chi connectivity index (χ0v) is 13.1. The average Bonchev–Trinajstić information content (AvgIpc) is 3.02. The summed E-state index contributed by atoms with van der Waals surface area (Å²) in [5.74, 6) is -0.965. The van der Waals surface area contributed by atoms with Crippen LogP contribution in [0.15, 0.2) is 49.1 Å². The third-order valence-corrected chi connectivity index (χ3v) is 3.41. The molecule has 1 N–H and O–H groups in total. The van der Waals surface area contributed by atoms with Crippen LogP contribution in [0.2, 0.25) is 5.02 Å². The summed E-state index contributed by atoms with van der Waals surface area (Å²) in [5, 5.41) is 6.33. The normalized spacial score (nSPS) is 11.4. The minimum absolute atomic E-state index is 0.0277. The van der Waals surface area contributed by atoms with Gasteiger partial charge >= 0.3 is 6.18 Å². The summed E-state index contributed by atoms with van der Waals surface area (Å²) in [5.41, 5.74) is -1.71. The smallest absolute Gasteiger partial charge is 0.305 e. The number of halogens is 4. The Kier molecular flexibility index (Phi) is 4.41. The van der Waals surface area contributed by atoms with Crippen LogP contribution in [0.25, 0.3) is 5.69 Å². The van der Waals surface area contributed by atoms with Crippen LogP contribution in [0, 0.1) is 0 Å². The third-order valence-electron chi connectivity index (χ3n) is 3.16. The lowest BCUT2D eigenvalue weighted by Gasteiger charge is -2.12. The Hall–Kier alpha value is -2.94. The highest BCUT2D eigenvalue weighted by molar-refractivity contribution is 6.30. The van der Waals surface area contributed by atoms with Gasteiger partial charge in [-0.1, -0.05) is 11.6 Å². The Morgan fingerprint density at radius 1 is 1.12 bits per heavy atom. The van der Waals surface area contributed by atoms with Crippen molar-refractivity contribution in [3.63, 3.8) is 0 Å². The maximum Gasteiger partial charge on any atom is 0.434 e. The third kappa shape index (κ3) is 3.61. The van der Waals surface area contributed by atoms with E-state index < -0.39 is 23.3 Å². The van der Waals surface area contributed by atoms with Gasteiger partial charge in [-0.3, -0.25) is 9.78 Å². The van der Waals surface area contributed by atoms with Gasteiger partial charge in [0.2, 0.25) is 0 Å². The molecule has 1 aromatic carbocycles. The molecule has 3 rings (SSSR count). The standard InChI is InChI=1S/C15H9ClF3N5O/c16-9-1-3-10(4-2-9)24-13(15(17,18)19)11(7-22-24)14(25)23-12-8-20-5-6-21-12/h1-8H,(H,21,23,25). The predicted molar refractivity (Wildman–Crippen MR) is 83.6 cm³/mol. The molecule has 0 atom stereocenters. The van der Waals surface area contributed by atoms with Gasteiger partial charge in [0, 0.05) is 17.4 Å². The van der Waals surface area contributed by atoms with E-state index in [4.69, 9.17) is 11.6 Å². The van der Waals surface area contributed by atoms with Crippen LogP contribution < -0.4 is 5.32 Å². The number of anilines is 1. The Morgan fingerprint density at radius 2 is 1.84 bits per heavy atom. The molecular weight excluding hydrogens is 359 g/mol. The summed E-state index contributed by atoms with van der Waals surface area (Å²) in [6.07, 6.45) is -0.0597. The first kappa shape index (κ1) is 16.9. The first-order chi connectivity index (χ1) is 11.9. The number of nitrogens with one attached hydrogen (secondary N) is 1. The first-order valence-corrected chi connectivity index (χ1v) is 7.22. The van der Waals surface area contributed by atoms with Gasteiger partial charge in [-0.15, -0.1) is 0 Å². The molecule has 2 heterocycles.